The number of pyridine rings is 1. The molecular weight excluding hydrogens is 316 g/mol. The molecule has 0 spiro atoms. The number of carbonyl (C=O) groups excluding carboxylic acids is 1. The largest absolute Gasteiger partial charge is 0.306 e. The Morgan fingerprint density at radius 2 is 1.92 bits per heavy atom. The number of hydrogen-bond donors (Lipinski definition) is 3. The molecule has 1 amide bonds. The summed E-state index contributed by atoms with van der Waals surface area (Å²) in [6.45, 7) is 6.98. The third-order valence-electron chi connectivity index (χ3n) is 3.92. The van der Waals surface area contributed by atoms with Gasteiger partial charge in [0, 0.05) is 29.4 Å². The predicted octanol–water partition coefficient (Wildman–Crippen LogP) is 3.01. The van der Waals surface area contributed by atoms with Crippen LogP contribution >= 0.6 is 0 Å². The third-order valence-corrected chi connectivity index (χ3v) is 3.92. The van der Waals surface area contributed by atoms with Crippen LogP contribution in [-0.2, 0) is 6.54 Å². The second kappa shape index (κ2) is 6.66. The van der Waals surface area contributed by atoms with Crippen LogP contribution < -0.4 is 10.8 Å². The molecule has 3 rings (SSSR count). The fourth-order valence-electron chi connectivity index (χ4n) is 2.65. The summed E-state index contributed by atoms with van der Waals surface area (Å²) in [6.07, 6.45) is 1.80. The summed E-state index contributed by atoms with van der Waals surface area (Å²) in [7, 11) is 0. The zero-order valence-electron chi connectivity index (χ0n) is 14.6. The van der Waals surface area contributed by atoms with Gasteiger partial charge in [0.25, 0.3) is 5.91 Å². The van der Waals surface area contributed by atoms with Crippen molar-refractivity contribution in [3.8, 4) is 11.3 Å². The van der Waals surface area contributed by atoms with Gasteiger partial charge >= 0.3 is 0 Å². The standard InChI is InChI=1S/C19H22N4O2/c1-19(2,3)20-12-15-17(13-7-5-4-6-8-13)21-16-11-14(18(24)22-25)9-10-23(15)16/h4-11,20,25H,12H2,1-3H3,(H,22,24). The van der Waals surface area contributed by atoms with Crippen molar-refractivity contribution in [3.63, 3.8) is 0 Å². The Bertz CT molecular complexity index is 895. The summed E-state index contributed by atoms with van der Waals surface area (Å²) in [5, 5.41) is 12.3. The van der Waals surface area contributed by atoms with Crippen molar-refractivity contribution in [1.29, 1.82) is 0 Å². The van der Waals surface area contributed by atoms with Gasteiger partial charge in [-0.1, -0.05) is 30.3 Å². The minimum Gasteiger partial charge on any atom is -0.306 e. The van der Waals surface area contributed by atoms with Crippen molar-refractivity contribution in [2.45, 2.75) is 32.9 Å². The predicted molar refractivity (Wildman–Crippen MR) is 96.5 cm³/mol. The lowest BCUT2D eigenvalue weighted by molar-refractivity contribution is 0.0706. The molecule has 0 fully saturated rings. The summed E-state index contributed by atoms with van der Waals surface area (Å²) in [5.74, 6) is -0.555. The van der Waals surface area contributed by atoms with Crippen LogP contribution in [0, 0.1) is 0 Å². The Kier molecular flexibility index (Phi) is 4.57. The lowest BCUT2D eigenvalue weighted by atomic mass is 10.1. The summed E-state index contributed by atoms with van der Waals surface area (Å²) in [5.41, 5.74) is 5.55. The number of fused-ring (bicyclic) bond motifs is 1. The number of aromatic nitrogens is 2. The molecule has 0 saturated carbocycles. The van der Waals surface area contributed by atoms with Gasteiger partial charge in [0.15, 0.2) is 0 Å². The van der Waals surface area contributed by atoms with Gasteiger partial charge in [-0.25, -0.2) is 10.5 Å². The molecule has 6 nitrogen and oxygen atoms in total. The van der Waals surface area contributed by atoms with E-state index in [-0.39, 0.29) is 5.54 Å². The third kappa shape index (κ3) is 3.70. The van der Waals surface area contributed by atoms with Crippen LogP contribution in [0.2, 0.25) is 0 Å². The smallest absolute Gasteiger partial charge is 0.274 e. The fraction of sp³-hybridized carbons (Fsp3) is 0.263. The van der Waals surface area contributed by atoms with Crippen molar-refractivity contribution in [1.82, 2.24) is 20.2 Å². The van der Waals surface area contributed by atoms with Gasteiger partial charge in [0.05, 0.1) is 11.4 Å². The van der Waals surface area contributed by atoms with Crippen LogP contribution in [0.1, 0.15) is 36.8 Å². The van der Waals surface area contributed by atoms with E-state index in [9.17, 15) is 4.79 Å². The van der Waals surface area contributed by atoms with Crippen LogP contribution in [0.25, 0.3) is 16.9 Å². The number of hydrogen-bond acceptors (Lipinski definition) is 4. The normalized spacial score (nSPS) is 11.7. The SMILES string of the molecule is CC(C)(C)NCc1c(-c2ccccc2)nc2cc(C(=O)NO)ccn12. The topological polar surface area (TPSA) is 78.7 Å². The molecule has 0 bridgehead atoms. The number of imidazole rings is 1. The molecule has 3 N–H and O–H groups in total. The fourth-order valence-corrected chi connectivity index (χ4v) is 2.65. The molecule has 0 atom stereocenters. The van der Waals surface area contributed by atoms with E-state index >= 15 is 0 Å². The van der Waals surface area contributed by atoms with E-state index in [1.165, 1.54) is 0 Å². The number of rotatable bonds is 4. The van der Waals surface area contributed by atoms with Crippen molar-refractivity contribution in [2.24, 2.45) is 0 Å². The molecule has 0 aliphatic rings. The summed E-state index contributed by atoms with van der Waals surface area (Å²) in [4.78, 5) is 16.4. The van der Waals surface area contributed by atoms with Crippen LogP contribution in [-0.4, -0.2) is 26.0 Å². The first kappa shape index (κ1) is 17.1. The highest BCUT2D eigenvalue weighted by atomic mass is 16.5. The quantitative estimate of drug-likeness (QED) is 0.505. The molecular formula is C19H22N4O2. The highest BCUT2D eigenvalue weighted by molar-refractivity contribution is 5.94. The molecule has 2 aromatic heterocycles. The van der Waals surface area contributed by atoms with Crippen molar-refractivity contribution in [2.75, 3.05) is 0 Å². The highest BCUT2D eigenvalue weighted by Gasteiger charge is 2.18. The first-order valence-electron chi connectivity index (χ1n) is 8.15. The van der Waals surface area contributed by atoms with Gasteiger partial charge < -0.3 is 9.72 Å². The molecule has 0 aliphatic heterocycles. The van der Waals surface area contributed by atoms with E-state index in [1.54, 1.807) is 23.8 Å². The Morgan fingerprint density at radius 3 is 2.56 bits per heavy atom. The minimum atomic E-state index is -0.555. The molecule has 0 radical (unpaired) electrons. The van der Waals surface area contributed by atoms with E-state index in [2.05, 4.69) is 26.1 Å². The summed E-state index contributed by atoms with van der Waals surface area (Å²) >= 11 is 0. The second-order valence-electron chi connectivity index (χ2n) is 6.96. The Balaban J connectivity index is 2.13. The van der Waals surface area contributed by atoms with Crippen molar-refractivity contribution < 1.29 is 10.0 Å². The van der Waals surface area contributed by atoms with Gasteiger partial charge in [-0.15, -0.1) is 0 Å². The molecule has 3 aromatic rings. The number of hydroxylamine groups is 1. The van der Waals surface area contributed by atoms with Gasteiger partial charge in [-0.05, 0) is 32.9 Å². The van der Waals surface area contributed by atoms with E-state index < -0.39 is 5.91 Å². The minimum absolute atomic E-state index is 0.0329. The average molecular weight is 338 g/mol. The molecule has 0 aliphatic carbocycles. The second-order valence-corrected chi connectivity index (χ2v) is 6.96. The Morgan fingerprint density at radius 1 is 1.20 bits per heavy atom. The summed E-state index contributed by atoms with van der Waals surface area (Å²) < 4.78 is 1.97. The van der Waals surface area contributed by atoms with Gasteiger partial charge in [0.2, 0.25) is 0 Å². The lowest BCUT2D eigenvalue weighted by Crippen LogP contribution is -2.35. The van der Waals surface area contributed by atoms with Gasteiger partial charge in [0.1, 0.15) is 5.65 Å². The lowest BCUT2D eigenvalue weighted by Gasteiger charge is -2.20. The van der Waals surface area contributed by atoms with Crippen molar-refractivity contribution in [3.05, 3.63) is 59.9 Å². The first-order valence-corrected chi connectivity index (χ1v) is 8.15. The molecule has 0 saturated heterocycles. The zero-order valence-corrected chi connectivity index (χ0v) is 14.6. The number of carbonyl (C=O) groups is 1. The number of nitrogens with zero attached hydrogens (tertiary/aromatic N) is 2. The van der Waals surface area contributed by atoms with Gasteiger partial charge in [-0.3, -0.25) is 10.0 Å². The zero-order chi connectivity index (χ0) is 18.0. The Hall–Kier alpha value is -2.70. The number of benzene rings is 1. The highest BCUT2D eigenvalue weighted by Crippen LogP contribution is 2.25. The first-order chi connectivity index (χ1) is 11.9. The molecule has 130 valence electrons. The van der Waals surface area contributed by atoms with Crippen molar-refractivity contribution >= 4 is 11.6 Å². The van der Waals surface area contributed by atoms with Crippen LogP contribution in [0.4, 0.5) is 0 Å². The number of nitrogens with one attached hydrogen (secondary N) is 2. The number of amides is 1. The summed E-state index contributed by atoms with van der Waals surface area (Å²) in [6, 6.07) is 13.3. The van der Waals surface area contributed by atoms with E-state index in [1.807, 2.05) is 34.7 Å². The maximum atomic E-state index is 11.7. The molecule has 25 heavy (non-hydrogen) atoms. The van der Waals surface area contributed by atoms with E-state index in [0.29, 0.717) is 17.8 Å². The maximum Gasteiger partial charge on any atom is 0.274 e. The molecule has 2 heterocycles. The van der Waals surface area contributed by atoms with E-state index in [0.717, 1.165) is 17.0 Å². The van der Waals surface area contributed by atoms with Gasteiger partial charge in [-0.2, -0.15) is 0 Å². The van der Waals surface area contributed by atoms with Crippen LogP contribution in [0.15, 0.2) is 48.7 Å². The Labute approximate surface area is 146 Å². The molecule has 0 unspecified atom stereocenters. The van der Waals surface area contributed by atoms with E-state index in [4.69, 9.17) is 10.2 Å². The average Bonchev–Trinajstić information content (AvgIpc) is 2.97. The van der Waals surface area contributed by atoms with Crippen LogP contribution in [0.3, 0.4) is 0 Å². The molecule has 1 aromatic carbocycles. The maximum absolute atomic E-state index is 11.7. The van der Waals surface area contributed by atoms with Crippen LogP contribution in [0.5, 0.6) is 0 Å². The monoisotopic (exact) mass is 338 g/mol. The molecule has 6 heteroatoms.